The molecule has 2 heterocycles. The predicted octanol–water partition coefficient (Wildman–Crippen LogP) is 5.11. The Morgan fingerprint density at radius 2 is 1.85 bits per heavy atom. The van der Waals surface area contributed by atoms with Gasteiger partial charge in [-0.2, -0.15) is 0 Å². The molecular formula is C13H22Br2Cl2N2S. The molecule has 0 unspecified atom stereocenters. The van der Waals surface area contributed by atoms with Crippen molar-refractivity contribution in [2.24, 2.45) is 5.92 Å². The highest BCUT2D eigenvalue weighted by molar-refractivity contribution is 9.13. The van der Waals surface area contributed by atoms with Gasteiger partial charge >= 0.3 is 0 Å². The fourth-order valence-electron chi connectivity index (χ4n) is 2.41. The molecule has 0 aliphatic carbocycles. The maximum absolute atomic E-state index is 3.62. The predicted molar refractivity (Wildman–Crippen MR) is 101 cm³/mol. The molecule has 1 aliphatic heterocycles. The van der Waals surface area contributed by atoms with Crippen LogP contribution in [0.5, 0.6) is 0 Å². The molecule has 1 atom stereocenters. The molecule has 1 aromatic heterocycles. The lowest BCUT2D eigenvalue weighted by atomic mass is 10.0. The second kappa shape index (κ2) is 10.0. The van der Waals surface area contributed by atoms with E-state index in [2.05, 4.69) is 62.0 Å². The molecule has 0 spiro atoms. The molecule has 1 N–H and O–H groups in total. The zero-order chi connectivity index (χ0) is 13.1. The number of piperazine rings is 1. The third kappa shape index (κ3) is 5.75. The summed E-state index contributed by atoms with van der Waals surface area (Å²) in [6.45, 7) is 9.17. The van der Waals surface area contributed by atoms with Gasteiger partial charge in [0.05, 0.1) is 3.79 Å². The van der Waals surface area contributed by atoms with Gasteiger partial charge in [-0.05, 0) is 50.3 Å². The Hall–Kier alpha value is 1.16. The number of nitrogens with zero attached hydrogens (tertiary/aromatic N) is 1. The Morgan fingerprint density at radius 1 is 1.25 bits per heavy atom. The Morgan fingerprint density at radius 3 is 2.30 bits per heavy atom. The van der Waals surface area contributed by atoms with E-state index in [1.165, 1.54) is 19.6 Å². The van der Waals surface area contributed by atoms with Gasteiger partial charge in [0.15, 0.2) is 0 Å². The van der Waals surface area contributed by atoms with Crippen LogP contribution in [0.4, 0.5) is 0 Å². The van der Waals surface area contributed by atoms with E-state index in [9.17, 15) is 0 Å². The van der Waals surface area contributed by atoms with Gasteiger partial charge in [0, 0.05) is 41.6 Å². The molecule has 1 aromatic rings. The number of hydrogen-bond acceptors (Lipinski definition) is 3. The molecule has 0 aromatic carbocycles. The summed E-state index contributed by atoms with van der Waals surface area (Å²) in [6, 6.07) is 2.85. The fourth-order valence-corrected chi connectivity index (χ4v) is 4.65. The maximum atomic E-state index is 3.62. The molecule has 20 heavy (non-hydrogen) atoms. The van der Waals surface area contributed by atoms with Gasteiger partial charge in [0.2, 0.25) is 0 Å². The number of nitrogens with one attached hydrogen (secondary N) is 1. The van der Waals surface area contributed by atoms with Gasteiger partial charge in [-0.3, -0.25) is 4.90 Å². The SMILES string of the molecule is CC(C)C[C@H](c1cc(Br)c(Br)s1)N1CCNCC1.Cl.Cl. The fraction of sp³-hybridized carbons (Fsp3) is 0.692. The van der Waals surface area contributed by atoms with Crippen molar-refractivity contribution in [2.75, 3.05) is 26.2 Å². The maximum Gasteiger partial charge on any atom is 0.0843 e. The summed E-state index contributed by atoms with van der Waals surface area (Å²) in [4.78, 5) is 4.10. The first-order valence-corrected chi connectivity index (χ1v) is 8.87. The van der Waals surface area contributed by atoms with E-state index < -0.39 is 0 Å². The Kier molecular flexibility index (Phi) is 10.6. The highest BCUT2D eigenvalue weighted by Gasteiger charge is 2.25. The summed E-state index contributed by atoms with van der Waals surface area (Å²) >= 11 is 9.09. The van der Waals surface area contributed by atoms with E-state index in [1.54, 1.807) is 0 Å². The van der Waals surface area contributed by atoms with Crippen LogP contribution in [0.3, 0.4) is 0 Å². The molecule has 1 saturated heterocycles. The van der Waals surface area contributed by atoms with Gasteiger partial charge in [0.25, 0.3) is 0 Å². The number of halogens is 4. The second-order valence-electron chi connectivity index (χ2n) is 5.20. The highest BCUT2D eigenvalue weighted by Crippen LogP contribution is 2.39. The van der Waals surface area contributed by atoms with Crippen LogP contribution in [0.2, 0.25) is 0 Å². The third-order valence-electron chi connectivity index (χ3n) is 3.28. The van der Waals surface area contributed by atoms with Crippen LogP contribution in [0.15, 0.2) is 14.3 Å². The molecule has 0 radical (unpaired) electrons. The largest absolute Gasteiger partial charge is 0.314 e. The summed E-state index contributed by atoms with van der Waals surface area (Å²) in [5, 5.41) is 3.43. The first-order chi connectivity index (χ1) is 8.58. The summed E-state index contributed by atoms with van der Waals surface area (Å²) < 4.78 is 2.40. The zero-order valence-corrected chi connectivity index (χ0v) is 17.3. The summed E-state index contributed by atoms with van der Waals surface area (Å²) in [5.41, 5.74) is 0. The van der Waals surface area contributed by atoms with Crippen LogP contribution in [-0.4, -0.2) is 31.1 Å². The van der Waals surface area contributed by atoms with Crippen molar-refractivity contribution in [2.45, 2.75) is 26.3 Å². The van der Waals surface area contributed by atoms with E-state index in [1.807, 2.05) is 11.3 Å². The van der Waals surface area contributed by atoms with Crippen LogP contribution in [0.1, 0.15) is 31.2 Å². The minimum Gasteiger partial charge on any atom is -0.314 e. The minimum atomic E-state index is 0. The number of rotatable bonds is 4. The molecule has 0 saturated carbocycles. The van der Waals surface area contributed by atoms with E-state index in [0.717, 1.165) is 32.1 Å². The number of thiophene rings is 1. The van der Waals surface area contributed by atoms with Crippen molar-refractivity contribution in [3.05, 3.63) is 19.2 Å². The minimum absolute atomic E-state index is 0. The molecule has 118 valence electrons. The van der Waals surface area contributed by atoms with E-state index in [-0.39, 0.29) is 24.8 Å². The van der Waals surface area contributed by atoms with Gasteiger partial charge in [-0.1, -0.05) is 13.8 Å². The van der Waals surface area contributed by atoms with E-state index >= 15 is 0 Å². The summed E-state index contributed by atoms with van der Waals surface area (Å²) in [6.07, 6.45) is 1.24. The average molecular weight is 469 g/mol. The summed E-state index contributed by atoms with van der Waals surface area (Å²) in [5.74, 6) is 0.726. The summed E-state index contributed by atoms with van der Waals surface area (Å²) in [7, 11) is 0. The standard InChI is InChI=1S/C13H20Br2N2S.2ClH/c1-9(2)7-11(17-5-3-16-4-6-17)12-8-10(14)13(15)18-12;;/h8-9,11,16H,3-7H2,1-2H3;2*1H/t11-;;/m1../s1. The molecular weight excluding hydrogens is 447 g/mol. The lowest BCUT2D eigenvalue weighted by molar-refractivity contribution is 0.156. The van der Waals surface area contributed by atoms with Gasteiger partial charge in [-0.25, -0.2) is 0 Å². The molecule has 2 rings (SSSR count). The van der Waals surface area contributed by atoms with Gasteiger partial charge < -0.3 is 5.32 Å². The van der Waals surface area contributed by atoms with Gasteiger partial charge in [-0.15, -0.1) is 36.2 Å². The highest BCUT2D eigenvalue weighted by atomic mass is 79.9. The lowest BCUT2D eigenvalue weighted by Gasteiger charge is -2.35. The van der Waals surface area contributed by atoms with E-state index in [4.69, 9.17) is 0 Å². The topological polar surface area (TPSA) is 15.3 Å². The van der Waals surface area contributed by atoms with Crippen molar-refractivity contribution < 1.29 is 0 Å². The van der Waals surface area contributed by atoms with Crippen molar-refractivity contribution in [3.63, 3.8) is 0 Å². The van der Waals surface area contributed by atoms with Crippen molar-refractivity contribution >= 4 is 68.0 Å². The van der Waals surface area contributed by atoms with Gasteiger partial charge in [0.1, 0.15) is 0 Å². The quantitative estimate of drug-likeness (QED) is 0.660. The molecule has 1 fully saturated rings. The second-order valence-corrected chi connectivity index (χ2v) is 8.46. The Balaban J connectivity index is 0.00000180. The van der Waals surface area contributed by atoms with Crippen molar-refractivity contribution in [1.82, 2.24) is 10.2 Å². The van der Waals surface area contributed by atoms with Crippen LogP contribution in [0.25, 0.3) is 0 Å². The molecule has 2 nitrogen and oxygen atoms in total. The van der Waals surface area contributed by atoms with Crippen LogP contribution in [-0.2, 0) is 0 Å². The Bertz CT molecular complexity index is 376. The van der Waals surface area contributed by atoms with Crippen LogP contribution >= 0.6 is 68.0 Å². The molecule has 7 heteroatoms. The monoisotopic (exact) mass is 466 g/mol. The lowest BCUT2D eigenvalue weighted by Crippen LogP contribution is -2.45. The first kappa shape index (κ1) is 21.2. The normalized spacial score (nSPS) is 17.4. The third-order valence-corrected chi connectivity index (χ3v) is 6.64. The molecule has 0 bridgehead atoms. The van der Waals surface area contributed by atoms with Crippen molar-refractivity contribution in [3.8, 4) is 0 Å². The van der Waals surface area contributed by atoms with Crippen molar-refractivity contribution in [1.29, 1.82) is 0 Å². The van der Waals surface area contributed by atoms with Crippen LogP contribution < -0.4 is 5.32 Å². The van der Waals surface area contributed by atoms with Crippen LogP contribution in [0, 0.1) is 5.92 Å². The van der Waals surface area contributed by atoms with E-state index in [0.29, 0.717) is 6.04 Å². The first-order valence-electron chi connectivity index (χ1n) is 6.47. The average Bonchev–Trinajstić information content (AvgIpc) is 2.67. The Labute approximate surface area is 155 Å². The smallest absolute Gasteiger partial charge is 0.0843 e. The zero-order valence-electron chi connectivity index (χ0n) is 11.7. The molecule has 1 aliphatic rings. The number of hydrogen-bond donors (Lipinski definition) is 1. The molecule has 0 amide bonds.